The fourth-order valence-corrected chi connectivity index (χ4v) is 2.82. The van der Waals surface area contributed by atoms with Crippen molar-refractivity contribution in [3.05, 3.63) is 26.4 Å². The zero-order valence-electron chi connectivity index (χ0n) is 10.2. The summed E-state index contributed by atoms with van der Waals surface area (Å²) >= 11 is 5.28. The fraction of sp³-hybridized carbons (Fsp3) is 0.538. The Kier molecular flexibility index (Phi) is 6.32. The van der Waals surface area contributed by atoms with Gasteiger partial charge in [0, 0.05) is 11.4 Å². The fourth-order valence-electron chi connectivity index (χ4n) is 1.42. The maximum Gasteiger partial charge on any atom is 0.0704 e. The van der Waals surface area contributed by atoms with Gasteiger partial charge in [-0.2, -0.15) is 0 Å². The van der Waals surface area contributed by atoms with Gasteiger partial charge in [-0.25, -0.2) is 0 Å². The predicted octanol–water partition coefficient (Wildman–Crippen LogP) is 4.55. The molecule has 1 aromatic heterocycles. The Bertz CT molecular complexity index is 341. The van der Waals surface area contributed by atoms with Gasteiger partial charge in [0.15, 0.2) is 0 Å². The Morgan fingerprint density at radius 2 is 2.25 bits per heavy atom. The molecule has 0 saturated carbocycles. The molecular formula is C13H20BrNS. The quantitative estimate of drug-likeness (QED) is 0.760. The SMILES string of the molecule is CCCNCC(=Cc1ccc(Br)s1)C(C)C. The largest absolute Gasteiger partial charge is 0.313 e. The van der Waals surface area contributed by atoms with E-state index in [1.807, 2.05) is 0 Å². The zero-order chi connectivity index (χ0) is 12.0. The van der Waals surface area contributed by atoms with Crippen molar-refractivity contribution < 1.29 is 0 Å². The van der Waals surface area contributed by atoms with Crippen LogP contribution in [0.25, 0.3) is 6.08 Å². The second kappa shape index (κ2) is 7.25. The van der Waals surface area contributed by atoms with Crippen LogP contribution in [0.5, 0.6) is 0 Å². The van der Waals surface area contributed by atoms with E-state index in [0.717, 1.165) is 13.1 Å². The molecule has 1 aromatic rings. The average Bonchev–Trinajstić information content (AvgIpc) is 2.63. The minimum absolute atomic E-state index is 0.602. The van der Waals surface area contributed by atoms with Crippen LogP contribution in [0, 0.1) is 5.92 Å². The molecule has 0 amide bonds. The van der Waals surface area contributed by atoms with Gasteiger partial charge < -0.3 is 5.32 Å². The summed E-state index contributed by atoms with van der Waals surface area (Å²) < 4.78 is 1.20. The highest BCUT2D eigenvalue weighted by molar-refractivity contribution is 9.11. The molecule has 0 aromatic carbocycles. The summed E-state index contributed by atoms with van der Waals surface area (Å²) in [7, 11) is 0. The molecule has 0 unspecified atom stereocenters. The number of hydrogen-bond acceptors (Lipinski definition) is 2. The van der Waals surface area contributed by atoms with Crippen molar-refractivity contribution in [2.45, 2.75) is 27.2 Å². The summed E-state index contributed by atoms with van der Waals surface area (Å²) in [4.78, 5) is 1.33. The minimum Gasteiger partial charge on any atom is -0.313 e. The molecule has 1 N–H and O–H groups in total. The van der Waals surface area contributed by atoms with Crippen LogP contribution in [0.1, 0.15) is 32.1 Å². The molecular weight excluding hydrogens is 282 g/mol. The molecule has 3 heteroatoms. The highest BCUT2D eigenvalue weighted by atomic mass is 79.9. The van der Waals surface area contributed by atoms with E-state index in [1.54, 1.807) is 11.3 Å². The first-order valence-electron chi connectivity index (χ1n) is 5.80. The van der Waals surface area contributed by atoms with Crippen LogP contribution < -0.4 is 5.32 Å². The van der Waals surface area contributed by atoms with Crippen molar-refractivity contribution in [2.75, 3.05) is 13.1 Å². The summed E-state index contributed by atoms with van der Waals surface area (Å²) in [5, 5.41) is 3.47. The van der Waals surface area contributed by atoms with E-state index >= 15 is 0 Å². The summed E-state index contributed by atoms with van der Waals surface area (Å²) in [5.74, 6) is 0.602. The summed E-state index contributed by atoms with van der Waals surface area (Å²) in [6.45, 7) is 8.80. The van der Waals surface area contributed by atoms with E-state index in [9.17, 15) is 0 Å². The first kappa shape index (κ1) is 13.9. The van der Waals surface area contributed by atoms with Gasteiger partial charge in [-0.3, -0.25) is 0 Å². The number of rotatable bonds is 6. The van der Waals surface area contributed by atoms with E-state index in [-0.39, 0.29) is 0 Å². The van der Waals surface area contributed by atoms with E-state index in [1.165, 1.54) is 20.7 Å². The third kappa shape index (κ3) is 4.81. The van der Waals surface area contributed by atoms with Gasteiger partial charge in [-0.1, -0.05) is 26.3 Å². The van der Waals surface area contributed by atoms with Crippen molar-refractivity contribution in [2.24, 2.45) is 5.92 Å². The lowest BCUT2D eigenvalue weighted by atomic mass is 10.0. The van der Waals surface area contributed by atoms with Crippen LogP contribution in [0.3, 0.4) is 0 Å². The highest BCUT2D eigenvalue weighted by Crippen LogP contribution is 2.25. The van der Waals surface area contributed by atoms with Crippen molar-refractivity contribution in [1.29, 1.82) is 0 Å². The predicted molar refractivity (Wildman–Crippen MR) is 78.0 cm³/mol. The summed E-state index contributed by atoms with van der Waals surface area (Å²) in [6.07, 6.45) is 3.50. The van der Waals surface area contributed by atoms with Gasteiger partial charge in [0.25, 0.3) is 0 Å². The Hall–Kier alpha value is -0.120. The van der Waals surface area contributed by atoms with Crippen LogP contribution in [0.2, 0.25) is 0 Å². The standard InChI is InChI=1S/C13H20BrNS/c1-4-7-15-9-11(10(2)3)8-12-5-6-13(14)16-12/h5-6,8,10,15H,4,7,9H2,1-3H3. The second-order valence-corrected chi connectivity index (χ2v) is 6.69. The number of nitrogens with one attached hydrogen (secondary N) is 1. The molecule has 0 aliphatic rings. The Morgan fingerprint density at radius 1 is 1.50 bits per heavy atom. The molecule has 1 rings (SSSR count). The summed E-state index contributed by atoms with van der Waals surface area (Å²) in [6, 6.07) is 4.27. The Morgan fingerprint density at radius 3 is 2.75 bits per heavy atom. The van der Waals surface area contributed by atoms with Crippen LogP contribution >= 0.6 is 27.3 Å². The smallest absolute Gasteiger partial charge is 0.0704 e. The number of halogens is 1. The highest BCUT2D eigenvalue weighted by Gasteiger charge is 2.04. The lowest BCUT2D eigenvalue weighted by molar-refractivity contribution is 0.657. The first-order chi connectivity index (χ1) is 7.63. The van der Waals surface area contributed by atoms with Gasteiger partial charge in [-0.05, 0) is 53.0 Å². The molecule has 90 valence electrons. The normalized spacial score (nSPS) is 12.4. The first-order valence-corrected chi connectivity index (χ1v) is 7.41. The third-order valence-corrected chi connectivity index (χ3v) is 3.99. The van der Waals surface area contributed by atoms with Crippen molar-refractivity contribution in [1.82, 2.24) is 5.32 Å². The lowest BCUT2D eigenvalue weighted by Gasteiger charge is -2.12. The van der Waals surface area contributed by atoms with Gasteiger partial charge in [0.1, 0.15) is 0 Å². The van der Waals surface area contributed by atoms with Gasteiger partial charge in [-0.15, -0.1) is 11.3 Å². The average molecular weight is 302 g/mol. The molecule has 0 saturated heterocycles. The topological polar surface area (TPSA) is 12.0 Å². The Labute approximate surface area is 111 Å². The third-order valence-electron chi connectivity index (χ3n) is 2.42. The van der Waals surface area contributed by atoms with E-state index in [2.05, 4.69) is 60.2 Å². The van der Waals surface area contributed by atoms with Crippen molar-refractivity contribution in [3.63, 3.8) is 0 Å². The molecule has 16 heavy (non-hydrogen) atoms. The zero-order valence-corrected chi connectivity index (χ0v) is 12.6. The maximum absolute atomic E-state index is 3.50. The summed E-state index contributed by atoms with van der Waals surface area (Å²) in [5.41, 5.74) is 1.47. The van der Waals surface area contributed by atoms with Crippen LogP contribution in [0.4, 0.5) is 0 Å². The molecule has 0 spiro atoms. The van der Waals surface area contributed by atoms with Gasteiger partial charge >= 0.3 is 0 Å². The van der Waals surface area contributed by atoms with Crippen molar-refractivity contribution >= 4 is 33.3 Å². The molecule has 0 fully saturated rings. The lowest BCUT2D eigenvalue weighted by Crippen LogP contribution is -2.19. The molecule has 0 radical (unpaired) electrons. The van der Waals surface area contributed by atoms with Crippen molar-refractivity contribution in [3.8, 4) is 0 Å². The van der Waals surface area contributed by atoms with E-state index in [0.29, 0.717) is 5.92 Å². The number of thiophene rings is 1. The molecule has 0 atom stereocenters. The maximum atomic E-state index is 3.50. The molecule has 1 nitrogen and oxygen atoms in total. The van der Waals surface area contributed by atoms with Crippen LogP contribution in [0.15, 0.2) is 21.5 Å². The molecule has 1 heterocycles. The van der Waals surface area contributed by atoms with Gasteiger partial charge in [0.2, 0.25) is 0 Å². The minimum atomic E-state index is 0.602. The Balaban J connectivity index is 2.65. The second-order valence-electron chi connectivity index (χ2n) is 4.19. The molecule has 0 aliphatic carbocycles. The van der Waals surface area contributed by atoms with E-state index < -0.39 is 0 Å². The number of hydrogen-bond donors (Lipinski definition) is 1. The van der Waals surface area contributed by atoms with E-state index in [4.69, 9.17) is 0 Å². The molecule has 0 aliphatic heterocycles. The monoisotopic (exact) mass is 301 g/mol. The van der Waals surface area contributed by atoms with Gasteiger partial charge in [0.05, 0.1) is 3.79 Å². The van der Waals surface area contributed by atoms with Crippen LogP contribution in [-0.4, -0.2) is 13.1 Å². The molecule has 0 bridgehead atoms. The van der Waals surface area contributed by atoms with Crippen LogP contribution in [-0.2, 0) is 0 Å².